The van der Waals surface area contributed by atoms with Crippen molar-refractivity contribution >= 4 is 41.9 Å². The van der Waals surface area contributed by atoms with E-state index in [1.165, 1.54) is 4.90 Å². The Morgan fingerprint density at radius 2 is 1.87 bits per heavy atom. The zero-order chi connectivity index (χ0) is 21.2. The van der Waals surface area contributed by atoms with Gasteiger partial charge < -0.3 is 25.2 Å². The number of nitrogens with zero attached hydrogens (tertiary/aromatic N) is 3. The molecule has 2 N–H and O–H groups in total. The number of carbonyl (C=O) groups excluding carboxylic acids is 2. The first kappa shape index (κ1) is 26.0. The van der Waals surface area contributed by atoms with Crippen LogP contribution in [-0.2, 0) is 9.53 Å². The second kappa shape index (κ2) is 13.3. The van der Waals surface area contributed by atoms with Gasteiger partial charge in [-0.2, -0.15) is 0 Å². The smallest absolute Gasteiger partial charge is 0.409 e. The summed E-state index contributed by atoms with van der Waals surface area (Å²) in [6.07, 6.45) is 1.33. The molecule has 1 fully saturated rings. The van der Waals surface area contributed by atoms with Crippen LogP contribution < -0.4 is 10.6 Å². The standard InChI is InChI=1S/C21H33N5O3.HI/c1-5-29-21(28)26-13-11-18(12-14-26)24-20(22-15-19(27)25(3)4)23-16(2)17-9-7-6-8-10-17;/h6-10,16,18H,5,11-15H2,1-4H3,(H2,22,23,24);1H. The van der Waals surface area contributed by atoms with E-state index in [-0.39, 0.29) is 54.6 Å². The lowest BCUT2D eigenvalue weighted by atomic mass is 10.1. The molecule has 1 aliphatic rings. The van der Waals surface area contributed by atoms with Crippen LogP contribution in [0.1, 0.15) is 38.3 Å². The van der Waals surface area contributed by atoms with Gasteiger partial charge >= 0.3 is 6.09 Å². The molecule has 9 heteroatoms. The van der Waals surface area contributed by atoms with E-state index in [9.17, 15) is 9.59 Å². The van der Waals surface area contributed by atoms with E-state index in [2.05, 4.69) is 34.7 Å². The Morgan fingerprint density at radius 1 is 1.23 bits per heavy atom. The fourth-order valence-corrected chi connectivity index (χ4v) is 3.07. The summed E-state index contributed by atoms with van der Waals surface area (Å²) in [6, 6.07) is 10.3. The average molecular weight is 531 g/mol. The van der Waals surface area contributed by atoms with Gasteiger partial charge in [-0.1, -0.05) is 30.3 Å². The van der Waals surface area contributed by atoms with Gasteiger partial charge in [-0.3, -0.25) is 4.79 Å². The Balaban J connectivity index is 0.00000450. The molecule has 0 aromatic heterocycles. The van der Waals surface area contributed by atoms with Crippen molar-refractivity contribution in [1.82, 2.24) is 20.4 Å². The molecule has 1 aliphatic heterocycles. The molecule has 30 heavy (non-hydrogen) atoms. The maximum atomic E-state index is 12.0. The molecule has 1 aromatic carbocycles. The molecule has 0 spiro atoms. The first-order valence-corrected chi connectivity index (χ1v) is 10.1. The third-order valence-electron chi connectivity index (χ3n) is 4.89. The summed E-state index contributed by atoms with van der Waals surface area (Å²) < 4.78 is 5.08. The number of amides is 2. The molecule has 1 aromatic rings. The van der Waals surface area contributed by atoms with E-state index in [4.69, 9.17) is 4.74 Å². The summed E-state index contributed by atoms with van der Waals surface area (Å²) in [5.41, 5.74) is 1.14. The molecule has 0 bridgehead atoms. The number of nitrogens with one attached hydrogen (secondary N) is 2. The molecular weight excluding hydrogens is 497 g/mol. The fraction of sp³-hybridized carbons (Fsp3) is 0.571. The van der Waals surface area contributed by atoms with E-state index in [0.717, 1.165) is 18.4 Å². The van der Waals surface area contributed by atoms with Crippen molar-refractivity contribution in [2.75, 3.05) is 40.3 Å². The largest absolute Gasteiger partial charge is 0.450 e. The van der Waals surface area contributed by atoms with E-state index in [1.54, 1.807) is 19.0 Å². The highest BCUT2D eigenvalue weighted by Gasteiger charge is 2.24. The molecule has 0 aliphatic carbocycles. The Hall–Kier alpha value is -2.04. The Kier molecular flexibility index (Phi) is 11.5. The molecular formula is C21H34IN5O3. The molecule has 2 rings (SSSR count). The van der Waals surface area contributed by atoms with Gasteiger partial charge in [0.05, 0.1) is 12.6 Å². The number of carbonyl (C=O) groups is 2. The minimum atomic E-state index is -0.257. The van der Waals surface area contributed by atoms with Crippen LogP contribution in [0.5, 0.6) is 0 Å². The second-order valence-electron chi connectivity index (χ2n) is 7.33. The first-order chi connectivity index (χ1) is 13.9. The molecule has 0 radical (unpaired) electrons. The van der Waals surface area contributed by atoms with Crippen LogP contribution in [0.25, 0.3) is 0 Å². The van der Waals surface area contributed by atoms with Crippen LogP contribution in [0.3, 0.4) is 0 Å². The van der Waals surface area contributed by atoms with Crippen molar-refractivity contribution in [2.24, 2.45) is 4.99 Å². The van der Waals surface area contributed by atoms with Crippen LogP contribution in [0, 0.1) is 0 Å². The lowest BCUT2D eigenvalue weighted by Gasteiger charge is -2.33. The van der Waals surface area contributed by atoms with Crippen molar-refractivity contribution in [2.45, 2.75) is 38.8 Å². The van der Waals surface area contributed by atoms with Crippen molar-refractivity contribution < 1.29 is 14.3 Å². The van der Waals surface area contributed by atoms with E-state index in [0.29, 0.717) is 25.7 Å². The molecule has 1 unspecified atom stereocenters. The van der Waals surface area contributed by atoms with Gasteiger partial charge in [0.1, 0.15) is 6.54 Å². The highest BCUT2D eigenvalue weighted by molar-refractivity contribution is 14.0. The maximum absolute atomic E-state index is 12.0. The highest BCUT2D eigenvalue weighted by Crippen LogP contribution is 2.13. The molecule has 1 saturated heterocycles. The number of hydrogen-bond acceptors (Lipinski definition) is 4. The van der Waals surface area contributed by atoms with Gasteiger partial charge in [-0.05, 0) is 32.3 Å². The molecule has 2 amide bonds. The van der Waals surface area contributed by atoms with Crippen molar-refractivity contribution in [3.8, 4) is 0 Å². The lowest BCUT2D eigenvalue weighted by Crippen LogP contribution is -2.50. The zero-order valence-electron chi connectivity index (χ0n) is 18.3. The van der Waals surface area contributed by atoms with Gasteiger partial charge in [0.2, 0.25) is 5.91 Å². The normalized spacial score (nSPS) is 15.6. The van der Waals surface area contributed by atoms with Crippen LogP contribution >= 0.6 is 24.0 Å². The van der Waals surface area contributed by atoms with Crippen molar-refractivity contribution in [3.63, 3.8) is 0 Å². The predicted octanol–water partition coefficient (Wildman–Crippen LogP) is 2.61. The maximum Gasteiger partial charge on any atom is 0.409 e. The van der Waals surface area contributed by atoms with E-state index >= 15 is 0 Å². The molecule has 8 nitrogen and oxygen atoms in total. The minimum absolute atomic E-state index is 0. The van der Waals surface area contributed by atoms with Gasteiger partial charge in [0, 0.05) is 33.2 Å². The van der Waals surface area contributed by atoms with Crippen molar-refractivity contribution in [1.29, 1.82) is 0 Å². The number of hydrogen-bond donors (Lipinski definition) is 2. The summed E-state index contributed by atoms with van der Waals surface area (Å²) in [7, 11) is 3.44. The number of halogens is 1. The Morgan fingerprint density at radius 3 is 2.43 bits per heavy atom. The fourth-order valence-electron chi connectivity index (χ4n) is 3.07. The molecule has 1 heterocycles. The Bertz CT molecular complexity index is 691. The van der Waals surface area contributed by atoms with Crippen LogP contribution in [0.15, 0.2) is 35.3 Å². The lowest BCUT2D eigenvalue weighted by molar-refractivity contribution is -0.127. The first-order valence-electron chi connectivity index (χ1n) is 10.1. The second-order valence-corrected chi connectivity index (χ2v) is 7.33. The molecule has 168 valence electrons. The summed E-state index contributed by atoms with van der Waals surface area (Å²) >= 11 is 0. The van der Waals surface area contributed by atoms with E-state index in [1.807, 2.05) is 25.1 Å². The van der Waals surface area contributed by atoms with Crippen LogP contribution in [0.2, 0.25) is 0 Å². The number of piperidine rings is 1. The van der Waals surface area contributed by atoms with Crippen LogP contribution in [-0.4, -0.2) is 74.1 Å². The van der Waals surface area contributed by atoms with E-state index < -0.39 is 0 Å². The SMILES string of the molecule is CCOC(=O)N1CCC(NC(=NCC(=O)N(C)C)NC(C)c2ccccc2)CC1.I. The number of guanidine groups is 1. The molecule has 1 atom stereocenters. The average Bonchev–Trinajstić information content (AvgIpc) is 2.73. The van der Waals surface area contributed by atoms with Gasteiger partial charge in [-0.25, -0.2) is 9.79 Å². The predicted molar refractivity (Wildman–Crippen MR) is 129 cm³/mol. The Labute approximate surface area is 196 Å². The number of rotatable bonds is 6. The summed E-state index contributed by atoms with van der Waals surface area (Å²) in [5, 5.41) is 6.82. The summed E-state index contributed by atoms with van der Waals surface area (Å²) in [5.74, 6) is 0.543. The topological polar surface area (TPSA) is 86.3 Å². The quantitative estimate of drug-likeness (QED) is 0.335. The zero-order valence-corrected chi connectivity index (χ0v) is 20.6. The minimum Gasteiger partial charge on any atom is -0.450 e. The van der Waals surface area contributed by atoms with Gasteiger partial charge in [0.15, 0.2) is 5.96 Å². The summed E-state index contributed by atoms with van der Waals surface area (Å²) in [4.78, 5) is 31.6. The molecule has 0 saturated carbocycles. The number of likely N-dealkylation sites (N-methyl/N-ethyl adjacent to an activating group) is 1. The number of likely N-dealkylation sites (tertiary alicyclic amines) is 1. The third kappa shape index (κ3) is 8.37. The highest BCUT2D eigenvalue weighted by atomic mass is 127. The number of benzene rings is 1. The number of ether oxygens (including phenoxy) is 1. The monoisotopic (exact) mass is 531 g/mol. The van der Waals surface area contributed by atoms with Crippen molar-refractivity contribution in [3.05, 3.63) is 35.9 Å². The van der Waals surface area contributed by atoms with Gasteiger partial charge in [-0.15, -0.1) is 24.0 Å². The third-order valence-corrected chi connectivity index (χ3v) is 4.89. The van der Waals surface area contributed by atoms with Gasteiger partial charge in [0.25, 0.3) is 0 Å². The number of aliphatic imine (C=N–C) groups is 1. The summed E-state index contributed by atoms with van der Waals surface area (Å²) in [6.45, 7) is 5.59. The van der Waals surface area contributed by atoms with Crippen LogP contribution in [0.4, 0.5) is 4.79 Å².